The lowest BCUT2D eigenvalue weighted by Gasteiger charge is -2.21. The quantitative estimate of drug-likeness (QED) is 0.759. The van der Waals surface area contributed by atoms with Crippen LogP contribution < -0.4 is 0 Å². The van der Waals surface area contributed by atoms with E-state index in [4.69, 9.17) is 23.2 Å². The second-order valence-electron chi connectivity index (χ2n) is 5.63. The van der Waals surface area contributed by atoms with E-state index < -0.39 is 14.6 Å². The molecule has 5 heteroatoms. The summed E-state index contributed by atoms with van der Waals surface area (Å²) in [5.74, 6) is 0.540. The Morgan fingerprint density at radius 3 is 2.37 bits per heavy atom. The van der Waals surface area contributed by atoms with Gasteiger partial charge < -0.3 is 0 Å². The zero-order valence-corrected chi connectivity index (χ0v) is 13.8. The highest BCUT2D eigenvalue weighted by molar-refractivity contribution is 7.92. The standard InChI is InChI=1S/C14H20Cl2O2S/c1-14(2,3)19(17,18)8-7-12(10-15)11-5-4-6-13(16)9-11/h4-6,9,12H,7-8,10H2,1-3H3. The maximum absolute atomic E-state index is 12.1. The first-order valence-corrected chi connectivity index (χ1v) is 8.77. The number of sulfone groups is 1. The van der Waals surface area contributed by atoms with Crippen molar-refractivity contribution in [1.82, 2.24) is 0 Å². The second kappa shape index (κ2) is 6.47. The summed E-state index contributed by atoms with van der Waals surface area (Å²) >= 11 is 11.9. The molecule has 0 N–H and O–H groups in total. The molecular weight excluding hydrogens is 303 g/mol. The normalized spacial score (nSPS) is 14.4. The second-order valence-corrected chi connectivity index (χ2v) is 9.23. The van der Waals surface area contributed by atoms with Crippen molar-refractivity contribution < 1.29 is 8.42 Å². The molecule has 0 bridgehead atoms. The van der Waals surface area contributed by atoms with Crippen molar-refractivity contribution in [2.75, 3.05) is 11.6 Å². The molecule has 0 amide bonds. The molecule has 1 unspecified atom stereocenters. The highest BCUT2D eigenvalue weighted by atomic mass is 35.5. The Balaban J connectivity index is 2.80. The Morgan fingerprint density at radius 1 is 1.26 bits per heavy atom. The number of benzene rings is 1. The molecule has 0 aliphatic carbocycles. The van der Waals surface area contributed by atoms with Crippen molar-refractivity contribution in [2.24, 2.45) is 0 Å². The lowest BCUT2D eigenvalue weighted by Crippen LogP contribution is -2.31. The molecule has 0 saturated carbocycles. The number of hydrogen-bond acceptors (Lipinski definition) is 2. The zero-order chi connectivity index (χ0) is 14.7. The van der Waals surface area contributed by atoms with Crippen LogP contribution >= 0.6 is 23.2 Å². The fraction of sp³-hybridized carbons (Fsp3) is 0.571. The first-order chi connectivity index (χ1) is 8.67. The summed E-state index contributed by atoms with van der Waals surface area (Å²) < 4.78 is 23.5. The molecule has 19 heavy (non-hydrogen) atoms. The van der Waals surface area contributed by atoms with Gasteiger partial charge in [0.25, 0.3) is 0 Å². The molecule has 0 aromatic heterocycles. The average Bonchev–Trinajstić information content (AvgIpc) is 2.28. The molecule has 1 aromatic carbocycles. The number of hydrogen-bond donors (Lipinski definition) is 0. The maximum Gasteiger partial charge on any atom is 0.155 e. The van der Waals surface area contributed by atoms with Gasteiger partial charge >= 0.3 is 0 Å². The molecule has 0 radical (unpaired) electrons. The minimum Gasteiger partial charge on any atom is -0.228 e. The Morgan fingerprint density at radius 2 is 1.89 bits per heavy atom. The predicted octanol–water partition coefficient (Wildman–Crippen LogP) is 4.27. The SMILES string of the molecule is CC(C)(C)S(=O)(=O)CCC(CCl)c1cccc(Cl)c1. The van der Waals surface area contributed by atoms with E-state index in [0.717, 1.165) is 5.56 Å². The summed E-state index contributed by atoms with van der Waals surface area (Å²) in [4.78, 5) is 0. The topological polar surface area (TPSA) is 34.1 Å². The van der Waals surface area contributed by atoms with Crippen LogP contribution in [0.15, 0.2) is 24.3 Å². The van der Waals surface area contributed by atoms with Gasteiger partial charge in [-0.25, -0.2) is 8.42 Å². The van der Waals surface area contributed by atoms with Gasteiger partial charge in [0.05, 0.1) is 10.5 Å². The summed E-state index contributed by atoms with van der Waals surface area (Å²) in [5, 5.41) is 0.645. The van der Waals surface area contributed by atoms with Crippen LogP contribution in [0.4, 0.5) is 0 Å². The first kappa shape index (κ1) is 16.8. The van der Waals surface area contributed by atoms with E-state index in [9.17, 15) is 8.42 Å². The van der Waals surface area contributed by atoms with E-state index in [0.29, 0.717) is 17.3 Å². The first-order valence-electron chi connectivity index (χ1n) is 6.21. The van der Waals surface area contributed by atoms with E-state index in [1.165, 1.54) is 0 Å². The van der Waals surface area contributed by atoms with E-state index in [1.54, 1.807) is 26.8 Å². The summed E-state index contributed by atoms with van der Waals surface area (Å²) in [6.45, 7) is 5.16. The molecule has 1 atom stereocenters. The van der Waals surface area contributed by atoms with Gasteiger partial charge in [0.1, 0.15) is 0 Å². The van der Waals surface area contributed by atoms with Crippen LogP contribution in [0, 0.1) is 0 Å². The predicted molar refractivity (Wildman–Crippen MR) is 83.1 cm³/mol. The van der Waals surface area contributed by atoms with Gasteiger partial charge in [-0.3, -0.25) is 0 Å². The summed E-state index contributed by atoms with van der Waals surface area (Å²) in [6.07, 6.45) is 0.517. The highest BCUT2D eigenvalue weighted by Crippen LogP contribution is 2.26. The minimum absolute atomic E-state index is 0.0116. The van der Waals surface area contributed by atoms with Crippen LogP contribution in [0.5, 0.6) is 0 Å². The highest BCUT2D eigenvalue weighted by Gasteiger charge is 2.29. The molecule has 1 rings (SSSR count). The van der Waals surface area contributed by atoms with Gasteiger partial charge in [-0.2, -0.15) is 0 Å². The zero-order valence-electron chi connectivity index (χ0n) is 11.5. The number of rotatable bonds is 5. The van der Waals surface area contributed by atoms with Crippen molar-refractivity contribution in [3.05, 3.63) is 34.9 Å². The Labute approximate surface area is 126 Å². The molecule has 0 spiro atoms. The molecule has 0 aliphatic rings. The third kappa shape index (κ3) is 4.66. The van der Waals surface area contributed by atoms with Gasteiger partial charge in [-0.15, -0.1) is 11.6 Å². The monoisotopic (exact) mass is 322 g/mol. The van der Waals surface area contributed by atoms with Gasteiger partial charge in [0.2, 0.25) is 0 Å². The van der Waals surface area contributed by atoms with Crippen molar-refractivity contribution >= 4 is 33.0 Å². The van der Waals surface area contributed by atoms with Crippen molar-refractivity contribution in [3.63, 3.8) is 0 Å². The molecule has 108 valence electrons. The van der Waals surface area contributed by atoms with Crippen molar-refractivity contribution in [1.29, 1.82) is 0 Å². The van der Waals surface area contributed by atoms with Gasteiger partial charge in [0.15, 0.2) is 9.84 Å². The van der Waals surface area contributed by atoms with E-state index in [-0.39, 0.29) is 11.7 Å². The molecule has 2 nitrogen and oxygen atoms in total. The van der Waals surface area contributed by atoms with Crippen LogP contribution in [0.3, 0.4) is 0 Å². The Kier molecular flexibility index (Phi) is 5.72. The van der Waals surface area contributed by atoms with Gasteiger partial charge in [-0.05, 0) is 50.8 Å². The largest absolute Gasteiger partial charge is 0.228 e. The molecule has 0 aliphatic heterocycles. The third-order valence-electron chi connectivity index (χ3n) is 3.17. The van der Waals surface area contributed by atoms with Crippen LogP contribution in [0.1, 0.15) is 38.7 Å². The van der Waals surface area contributed by atoms with E-state index >= 15 is 0 Å². The maximum atomic E-state index is 12.1. The van der Waals surface area contributed by atoms with Gasteiger partial charge in [0, 0.05) is 10.9 Å². The Bertz CT molecular complexity index is 518. The molecule has 0 fully saturated rings. The smallest absolute Gasteiger partial charge is 0.155 e. The van der Waals surface area contributed by atoms with Gasteiger partial charge in [-0.1, -0.05) is 23.7 Å². The molecule has 1 aromatic rings. The van der Waals surface area contributed by atoms with Crippen LogP contribution in [0.2, 0.25) is 5.02 Å². The summed E-state index contributed by atoms with van der Waals surface area (Å²) in [6, 6.07) is 7.43. The molecular formula is C14H20Cl2O2S. The number of halogens is 2. The van der Waals surface area contributed by atoms with Crippen LogP contribution in [-0.2, 0) is 9.84 Å². The minimum atomic E-state index is -3.11. The van der Waals surface area contributed by atoms with E-state index in [2.05, 4.69) is 0 Å². The average molecular weight is 323 g/mol. The third-order valence-corrected chi connectivity index (χ3v) is 6.42. The summed E-state index contributed by atoms with van der Waals surface area (Å²) in [5.41, 5.74) is 0.992. The lowest BCUT2D eigenvalue weighted by atomic mass is 9.99. The van der Waals surface area contributed by atoms with Crippen LogP contribution in [-0.4, -0.2) is 24.8 Å². The fourth-order valence-electron chi connectivity index (χ4n) is 1.70. The summed E-state index contributed by atoms with van der Waals surface area (Å²) in [7, 11) is -3.11. The fourth-order valence-corrected chi connectivity index (χ4v) is 3.44. The van der Waals surface area contributed by atoms with Crippen molar-refractivity contribution in [3.8, 4) is 0 Å². The number of alkyl halides is 1. The lowest BCUT2D eigenvalue weighted by molar-refractivity contribution is 0.554. The molecule has 0 saturated heterocycles. The molecule has 0 heterocycles. The van der Waals surface area contributed by atoms with Crippen molar-refractivity contribution in [2.45, 2.75) is 37.9 Å². The van der Waals surface area contributed by atoms with Crippen LogP contribution in [0.25, 0.3) is 0 Å². The van der Waals surface area contributed by atoms with E-state index in [1.807, 2.05) is 18.2 Å². The Hall–Kier alpha value is -0.250.